The molecule has 0 unspecified atom stereocenters. The first-order valence-corrected chi connectivity index (χ1v) is 24.5. The maximum absolute atomic E-state index is 10.7. The number of Topliss-reactive ketones (excluding diaryl/α,β-unsaturated/α-hetero) is 1. The number of ether oxygens (including phenoxy) is 10. The van der Waals surface area contributed by atoms with Crippen molar-refractivity contribution >= 4 is 33.3 Å². The summed E-state index contributed by atoms with van der Waals surface area (Å²) in [6.45, 7) is 23.6. The van der Waals surface area contributed by atoms with Crippen LogP contribution in [0, 0.1) is 16.7 Å². The van der Waals surface area contributed by atoms with Crippen molar-refractivity contribution in [1.29, 1.82) is 0 Å². The average Bonchev–Trinajstić information content (AvgIpc) is 3.73. The van der Waals surface area contributed by atoms with Crippen LogP contribution in [0.5, 0.6) is 17.2 Å². The van der Waals surface area contributed by atoms with E-state index in [0.717, 1.165) is 25.2 Å². The Labute approximate surface area is 381 Å². The van der Waals surface area contributed by atoms with Crippen molar-refractivity contribution in [1.82, 2.24) is 0 Å². The monoisotopic (exact) mass is 911 g/mol. The van der Waals surface area contributed by atoms with E-state index in [4.69, 9.17) is 42.6 Å². The Kier molecular flexibility index (Phi) is 42.6. The van der Waals surface area contributed by atoms with Crippen LogP contribution in [0.25, 0.3) is 0 Å². The van der Waals surface area contributed by atoms with Crippen LogP contribution in [0.15, 0.2) is 12.1 Å². The lowest BCUT2D eigenvalue weighted by Gasteiger charge is -2.39. The first-order chi connectivity index (χ1) is 29.1. The third-order valence-corrected chi connectivity index (χ3v) is 12.2. The van der Waals surface area contributed by atoms with Crippen LogP contribution >= 0.6 is 21.6 Å². The van der Waals surface area contributed by atoms with Crippen molar-refractivity contribution in [3.8, 4) is 17.2 Å². The molecule has 0 aromatic heterocycles. The molecule has 0 amide bonds. The van der Waals surface area contributed by atoms with Crippen molar-refractivity contribution in [3.63, 3.8) is 0 Å². The number of esters is 1. The fourth-order valence-corrected chi connectivity index (χ4v) is 8.90. The molecule has 2 fully saturated rings. The minimum Gasteiger partial charge on any atom is -0.496 e. The minimum absolute atomic E-state index is 0.00704. The predicted molar refractivity (Wildman–Crippen MR) is 255 cm³/mol. The molecule has 0 bridgehead atoms. The van der Waals surface area contributed by atoms with Crippen LogP contribution in [0.2, 0.25) is 0 Å². The van der Waals surface area contributed by atoms with E-state index in [1.807, 2.05) is 49.3 Å². The van der Waals surface area contributed by atoms with E-state index in [2.05, 4.69) is 39.4 Å². The summed E-state index contributed by atoms with van der Waals surface area (Å²) >= 11 is 0. The Morgan fingerprint density at radius 1 is 0.672 bits per heavy atom. The highest BCUT2D eigenvalue weighted by Crippen LogP contribution is 2.45. The van der Waals surface area contributed by atoms with E-state index in [-0.39, 0.29) is 35.8 Å². The van der Waals surface area contributed by atoms with Crippen LogP contribution in [0.1, 0.15) is 139 Å². The number of carbonyl (C=O) groups is 2. The summed E-state index contributed by atoms with van der Waals surface area (Å²) in [5, 5.41) is 0. The standard InChI is InChI=1S/C17H26O6.C7H14O2.C7H14OS2.C7H16.C5H12O.C4H8O2/c1-6-17(9-18-2)10-22-16(23-11-17)15-13(20-4)7-12(19-3)8-14(15)21-5;1-5(2)7(8)9-6(3)4;1-3-7(4-8-2)5-9-10-6-7;1-3-5-7-6-4-2;1-3-4-5-6-2;1-4(5)3-6-2/h7-8,16H,6,9-11H2,1-5H3;5-6H,1-4H3;3-6H2,1-2H3;3-7H2,1-2H3;3-5H2,1-2H3;3H2,1-2H3. The quantitative estimate of drug-likeness (QED) is 0.0659. The fraction of sp³-hybridized carbons (Fsp3) is 0.830. The molecular formula is C47H90O12S2. The summed E-state index contributed by atoms with van der Waals surface area (Å²) in [6, 6.07) is 3.59. The van der Waals surface area contributed by atoms with Gasteiger partial charge in [-0.15, -0.1) is 0 Å². The molecular weight excluding hydrogens is 821 g/mol. The maximum Gasteiger partial charge on any atom is 0.308 e. The van der Waals surface area contributed by atoms with Crippen LogP contribution in [-0.2, 0) is 42.7 Å². The van der Waals surface area contributed by atoms with Gasteiger partial charge in [0.15, 0.2) is 12.1 Å². The van der Waals surface area contributed by atoms with Crippen molar-refractivity contribution in [2.45, 2.75) is 139 Å². The van der Waals surface area contributed by atoms with E-state index < -0.39 is 6.29 Å². The summed E-state index contributed by atoms with van der Waals surface area (Å²) in [5.74, 6) is 4.35. The molecule has 12 nitrogen and oxygen atoms in total. The van der Waals surface area contributed by atoms with Crippen molar-refractivity contribution in [3.05, 3.63) is 17.7 Å². The van der Waals surface area contributed by atoms with Gasteiger partial charge in [0.1, 0.15) is 23.9 Å². The Morgan fingerprint density at radius 3 is 1.43 bits per heavy atom. The number of carbonyl (C=O) groups excluding carboxylic acids is 2. The molecule has 2 aliphatic heterocycles. The molecule has 0 N–H and O–H groups in total. The zero-order chi connectivity index (χ0) is 47.1. The molecule has 0 aliphatic carbocycles. The van der Waals surface area contributed by atoms with Crippen LogP contribution < -0.4 is 14.2 Å². The predicted octanol–water partition coefficient (Wildman–Crippen LogP) is 11.5. The van der Waals surface area contributed by atoms with Gasteiger partial charge in [-0.3, -0.25) is 9.59 Å². The second-order valence-corrected chi connectivity index (χ2v) is 18.1. The third-order valence-electron chi connectivity index (χ3n) is 9.37. The lowest BCUT2D eigenvalue weighted by Crippen LogP contribution is -2.41. The first kappa shape index (κ1) is 63.5. The van der Waals surface area contributed by atoms with Gasteiger partial charge in [0.2, 0.25) is 0 Å². The van der Waals surface area contributed by atoms with Crippen LogP contribution in [0.3, 0.4) is 0 Å². The second kappa shape index (κ2) is 41.0. The van der Waals surface area contributed by atoms with E-state index in [1.165, 1.54) is 76.9 Å². The van der Waals surface area contributed by atoms with Gasteiger partial charge in [-0.1, -0.05) is 109 Å². The normalized spacial score (nSPS) is 17.3. The van der Waals surface area contributed by atoms with Gasteiger partial charge >= 0.3 is 5.97 Å². The van der Waals surface area contributed by atoms with Gasteiger partial charge in [-0.2, -0.15) is 0 Å². The van der Waals surface area contributed by atoms with E-state index in [0.29, 0.717) is 42.5 Å². The Balaban J connectivity index is -0.000000739. The van der Waals surface area contributed by atoms with E-state index in [1.54, 1.807) is 54.8 Å². The molecule has 1 aromatic carbocycles. The zero-order valence-electron chi connectivity index (χ0n) is 41.6. The van der Waals surface area contributed by atoms with Gasteiger partial charge < -0.3 is 47.4 Å². The minimum atomic E-state index is -0.540. The molecule has 0 saturated carbocycles. The molecule has 1 aromatic rings. The molecule has 0 spiro atoms. The largest absolute Gasteiger partial charge is 0.496 e. The third kappa shape index (κ3) is 30.9. The van der Waals surface area contributed by atoms with Gasteiger partial charge in [-0.25, -0.2) is 0 Å². The highest BCUT2D eigenvalue weighted by atomic mass is 33.1. The van der Waals surface area contributed by atoms with Gasteiger partial charge in [-0.05, 0) is 40.0 Å². The number of hydrogen-bond donors (Lipinski definition) is 0. The molecule has 14 heteroatoms. The fourth-order valence-electron chi connectivity index (χ4n) is 5.33. The molecule has 0 atom stereocenters. The smallest absolute Gasteiger partial charge is 0.308 e. The summed E-state index contributed by atoms with van der Waals surface area (Å²) in [4.78, 5) is 20.6. The number of methoxy groups -OCH3 is 7. The Morgan fingerprint density at radius 2 is 1.15 bits per heavy atom. The number of rotatable bonds is 21. The summed E-state index contributed by atoms with van der Waals surface area (Å²) in [7, 11) is 15.5. The molecule has 2 saturated heterocycles. The highest BCUT2D eigenvalue weighted by Gasteiger charge is 2.38. The van der Waals surface area contributed by atoms with Crippen molar-refractivity contribution in [2.24, 2.45) is 16.7 Å². The summed E-state index contributed by atoms with van der Waals surface area (Å²) in [5.41, 5.74) is 1.11. The molecule has 61 heavy (non-hydrogen) atoms. The molecule has 0 radical (unpaired) electrons. The van der Waals surface area contributed by atoms with Crippen LogP contribution in [0.4, 0.5) is 0 Å². The highest BCUT2D eigenvalue weighted by molar-refractivity contribution is 8.77. The second-order valence-electron chi connectivity index (χ2n) is 15.7. The van der Waals surface area contributed by atoms with Crippen molar-refractivity contribution in [2.75, 3.05) is 101 Å². The van der Waals surface area contributed by atoms with Crippen LogP contribution in [-0.4, -0.2) is 119 Å². The average molecular weight is 911 g/mol. The van der Waals surface area contributed by atoms with Gasteiger partial charge in [0.25, 0.3) is 0 Å². The summed E-state index contributed by atoms with van der Waals surface area (Å²) < 4.78 is 52.8. The zero-order valence-corrected chi connectivity index (χ0v) is 43.3. The van der Waals surface area contributed by atoms with Crippen molar-refractivity contribution < 1.29 is 57.0 Å². The summed E-state index contributed by atoms with van der Waals surface area (Å²) in [6.07, 6.45) is 11.1. The SMILES string of the molecule is CC(C)OC(=O)C(C)C.CCC1(COC)COC(c2c(OC)cc(OC)cc2OC)OC1.CCC1(COC)CSSC1.CCCCCCC.CCCCOC.COCC(C)=O. The molecule has 3 rings (SSSR count). The van der Waals surface area contributed by atoms with Gasteiger partial charge in [0.05, 0.1) is 65.3 Å². The van der Waals surface area contributed by atoms with Gasteiger partial charge in [0, 0.05) is 69.5 Å². The lowest BCUT2D eigenvalue weighted by atomic mass is 9.87. The Bertz CT molecular complexity index is 1140. The number of unbranched alkanes of at least 4 members (excludes halogenated alkanes) is 5. The first-order valence-electron chi connectivity index (χ1n) is 22.0. The molecule has 2 aliphatic rings. The number of hydrogen-bond acceptors (Lipinski definition) is 14. The van der Waals surface area contributed by atoms with E-state index >= 15 is 0 Å². The topological polar surface area (TPSA) is 126 Å². The maximum atomic E-state index is 10.7. The Hall–Kier alpha value is -1.78. The molecule has 362 valence electrons. The number of benzene rings is 1. The number of ketones is 1. The molecule has 2 heterocycles. The van der Waals surface area contributed by atoms with E-state index in [9.17, 15) is 9.59 Å². The lowest BCUT2D eigenvalue weighted by molar-refractivity contribution is -0.244.